The Morgan fingerprint density at radius 3 is 1.71 bits per heavy atom. The molecule has 0 aliphatic heterocycles. The molecule has 1 nitrogen and oxygen atoms in total. The number of hydrogen-bond donors (Lipinski definition) is 0. The van der Waals surface area contributed by atoms with E-state index in [2.05, 4.69) is 176 Å². The van der Waals surface area contributed by atoms with Crippen LogP contribution in [0.4, 0.5) is 0 Å². The van der Waals surface area contributed by atoms with Crippen LogP contribution in [0.25, 0.3) is 55.3 Å². The van der Waals surface area contributed by atoms with Crippen LogP contribution in [0.3, 0.4) is 0 Å². The average molecular weight is 647 g/mol. The molecular formula is C50H30O. The van der Waals surface area contributed by atoms with E-state index in [0.29, 0.717) is 0 Å². The first kappa shape index (κ1) is 27.4. The molecule has 1 heterocycles. The van der Waals surface area contributed by atoms with Gasteiger partial charge in [0.15, 0.2) is 0 Å². The molecule has 0 amide bonds. The Balaban J connectivity index is 1.20. The van der Waals surface area contributed by atoms with Gasteiger partial charge in [0.2, 0.25) is 0 Å². The fourth-order valence-electron chi connectivity index (χ4n) is 10.4. The molecule has 3 aliphatic carbocycles. The van der Waals surface area contributed by atoms with Gasteiger partial charge in [-0.2, -0.15) is 0 Å². The Hall–Kier alpha value is -6.44. The Bertz CT molecular complexity index is 2930. The number of para-hydroxylation sites is 2. The van der Waals surface area contributed by atoms with Crippen molar-refractivity contribution in [1.29, 1.82) is 0 Å². The van der Waals surface area contributed by atoms with Crippen LogP contribution in [0.1, 0.15) is 44.5 Å². The smallest absolute Gasteiger partial charge is 0.143 e. The summed E-state index contributed by atoms with van der Waals surface area (Å²) in [6, 6.07) is 67.8. The third kappa shape index (κ3) is 3.15. The first-order chi connectivity index (χ1) is 25.3. The second-order valence-corrected chi connectivity index (χ2v) is 14.3. The average Bonchev–Trinajstić information content (AvgIpc) is 3.83. The molecule has 9 aromatic rings. The summed E-state index contributed by atoms with van der Waals surface area (Å²) in [5.41, 5.74) is 19.3. The van der Waals surface area contributed by atoms with Gasteiger partial charge in [-0.05, 0) is 84.5 Å². The summed E-state index contributed by atoms with van der Waals surface area (Å²) in [7, 11) is 0. The van der Waals surface area contributed by atoms with Crippen LogP contribution in [0.15, 0.2) is 186 Å². The number of furan rings is 1. The minimum absolute atomic E-state index is 0.430. The maximum Gasteiger partial charge on any atom is 0.143 e. The summed E-state index contributed by atoms with van der Waals surface area (Å²) in [4.78, 5) is 0. The van der Waals surface area contributed by atoms with Gasteiger partial charge in [-0.3, -0.25) is 0 Å². The minimum Gasteiger partial charge on any atom is -0.455 e. The van der Waals surface area contributed by atoms with E-state index in [1.54, 1.807) is 0 Å². The van der Waals surface area contributed by atoms with E-state index in [4.69, 9.17) is 4.42 Å². The highest BCUT2D eigenvalue weighted by Crippen LogP contribution is 2.68. The Morgan fingerprint density at radius 1 is 0.333 bits per heavy atom. The van der Waals surface area contributed by atoms with Crippen molar-refractivity contribution in [2.45, 2.75) is 10.8 Å². The first-order valence-corrected chi connectivity index (χ1v) is 17.9. The molecular weight excluding hydrogens is 617 g/mol. The lowest BCUT2D eigenvalue weighted by molar-refractivity contribution is 0.636. The fourth-order valence-corrected chi connectivity index (χ4v) is 10.4. The molecule has 0 bridgehead atoms. The van der Waals surface area contributed by atoms with Crippen molar-refractivity contribution < 1.29 is 4.42 Å². The zero-order valence-corrected chi connectivity index (χ0v) is 27.7. The molecule has 51 heavy (non-hydrogen) atoms. The van der Waals surface area contributed by atoms with Gasteiger partial charge in [-0.1, -0.05) is 170 Å². The number of fused-ring (bicyclic) bond motifs is 15. The van der Waals surface area contributed by atoms with Crippen molar-refractivity contribution in [1.82, 2.24) is 0 Å². The van der Waals surface area contributed by atoms with E-state index in [-0.39, 0.29) is 0 Å². The molecule has 0 saturated heterocycles. The zero-order valence-electron chi connectivity index (χ0n) is 27.7. The van der Waals surface area contributed by atoms with Gasteiger partial charge in [-0.25, -0.2) is 0 Å². The first-order valence-electron chi connectivity index (χ1n) is 17.9. The molecule has 1 heteroatoms. The largest absolute Gasteiger partial charge is 0.455 e. The third-order valence-electron chi connectivity index (χ3n) is 12.2. The van der Waals surface area contributed by atoms with E-state index in [0.717, 1.165) is 27.5 Å². The number of benzene rings is 8. The highest BCUT2D eigenvalue weighted by Gasteiger charge is 2.59. The van der Waals surface area contributed by atoms with Crippen LogP contribution in [-0.2, 0) is 10.8 Å². The van der Waals surface area contributed by atoms with E-state index in [1.165, 1.54) is 72.3 Å². The highest BCUT2D eigenvalue weighted by molar-refractivity contribution is 6.10. The van der Waals surface area contributed by atoms with Gasteiger partial charge in [0.1, 0.15) is 11.2 Å². The molecule has 0 fully saturated rings. The Kier molecular flexibility index (Phi) is 5.17. The monoisotopic (exact) mass is 646 g/mol. The molecule has 2 unspecified atom stereocenters. The van der Waals surface area contributed by atoms with Gasteiger partial charge in [0.05, 0.1) is 10.8 Å². The Labute approximate surface area is 296 Å². The van der Waals surface area contributed by atoms with E-state index in [1.807, 2.05) is 6.07 Å². The van der Waals surface area contributed by atoms with Crippen molar-refractivity contribution in [2.24, 2.45) is 0 Å². The maximum absolute atomic E-state index is 6.55. The van der Waals surface area contributed by atoms with Crippen LogP contribution in [0.5, 0.6) is 0 Å². The van der Waals surface area contributed by atoms with Crippen LogP contribution in [0.2, 0.25) is 0 Å². The molecule has 1 aromatic heterocycles. The lowest BCUT2D eigenvalue weighted by atomic mass is 9.52. The van der Waals surface area contributed by atoms with Crippen molar-refractivity contribution in [2.75, 3.05) is 0 Å². The van der Waals surface area contributed by atoms with Gasteiger partial charge < -0.3 is 4.42 Å². The molecule has 2 atom stereocenters. The molecule has 0 radical (unpaired) electrons. The molecule has 3 aliphatic rings. The van der Waals surface area contributed by atoms with Gasteiger partial charge in [0.25, 0.3) is 0 Å². The summed E-state index contributed by atoms with van der Waals surface area (Å²) in [6.45, 7) is 0. The second-order valence-electron chi connectivity index (χ2n) is 14.3. The molecule has 1 spiro atoms. The molecule has 12 rings (SSSR count). The standard InChI is InChI=1S/C50H30O/c1-2-14-32(15-3-1)49-40-22-7-4-16-34(40)37-20-13-26-45(47(37)49)50(44-25-10-9-24-43(44)49)41-23-8-5-17-35(41)39-30-31(28-29-42(39)50)33-19-12-21-38-36-18-6-11-27-46(36)51-48(33)38/h1-30H. The van der Waals surface area contributed by atoms with Gasteiger partial charge in [-0.15, -0.1) is 0 Å². The quantitative estimate of drug-likeness (QED) is 0.182. The summed E-state index contributed by atoms with van der Waals surface area (Å²) in [6.07, 6.45) is 0. The van der Waals surface area contributed by atoms with Crippen molar-refractivity contribution in [3.8, 4) is 33.4 Å². The summed E-state index contributed by atoms with van der Waals surface area (Å²) < 4.78 is 6.55. The summed E-state index contributed by atoms with van der Waals surface area (Å²) in [5.74, 6) is 0. The number of hydrogen-bond acceptors (Lipinski definition) is 1. The molecule has 8 aromatic carbocycles. The minimum atomic E-state index is -0.488. The van der Waals surface area contributed by atoms with Crippen LogP contribution in [0, 0.1) is 0 Å². The van der Waals surface area contributed by atoms with Crippen LogP contribution in [-0.4, -0.2) is 0 Å². The fraction of sp³-hybridized carbons (Fsp3) is 0.0400. The number of rotatable bonds is 2. The predicted octanol–water partition coefficient (Wildman–Crippen LogP) is 12.3. The van der Waals surface area contributed by atoms with Crippen molar-refractivity contribution in [3.63, 3.8) is 0 Å². The topological polar surface area (TPSA) is 13.1 Å². The summed E-state index contributed by atoms with van der Waals surface area (Å²) in [5, 5.41) is 2.30. The van der Waals surface area contributed by atoms with E-state index in [9.17, 15) is 0 Å². The Morgan fingerprint density at radius 2 is 0.882 bits per heavy atom. The van der Waals surface area contributed by atoms with Gasteiger partial charge in [0, 0.05) is 16.3 Å². The van der Waals surface area contributed by atoms with Crippen molar-refractivity contribution >= 4 is 21.9 Å². The van der Waals surface area contributed by atoms with Crippen molar-refractivity contribution in [3.05, 3.63) is 226 Å². The SMILES string of the molecule is c1ccc(C23c4ccccc4-c4cccc(c42)C2(c4ccccc4-c4cc(-c5cccc6c5oc5ccccc56)ccc42)c2ccccc23)cc1. The van der Waals surface area contributed by atoms with Crippen LogP contribution < -0.4 is 0 Å². The second kappa shape index (κ2) is 9.62. The molecule has 0 N–H and O–H groups in total. The van der Waals surface area contributed by atoms with Gasteiger partial charge >= 0.3 is 0 Å². The van der Waals surface area contributed by atoms with E-state index < -0.39 is 10.8 Å². The summed E-state index contributed by atoms with van der Waals surface area (Å²) >= 11 is 0. The zero-order chi connectivity index (χ0) is 33.3. The normalized spacial score (nSPS) is 18.7. The molecule has 0 saturated carbocycles. The highest BCUT2D eigenvalue weighted by atomic mass is 16.3. The lowest BCUT2D eigenvalue weighted by Gasteiger charge is -2.48. The van der Waals surface area contributed by atoms with Crippen LogP contribution >= 0.6 is 0 Å². The lowest BCUT2D eigenvalue weighted by Crippen LogP contribution is -2.43. The maximum atomic E-state index is 6.55. The molecule has 236 valence electrons. The predicted molar refractivity (Wildman–Crippen MR) is 207 cm³/mol. The van der Waals surface area contributed by atoms with E-state index >= 15 is 0 Å². The third-order valence-corrected chi connectivity index (χ3v) is 12.2.